The van der Waals surface area contributed by atoms with Gasteiger partial charge in [-0.3, -0.25) is 0 Å². The van der Waals surface area contributed by atoms with Crippen molar-refractivity contribution in [2.75, 3.05) is 0 Å². The molecule has 0 amide bonds. The van der Waals surface area contributed by atoms with E-state index in [0.29, 0.717) is 5.92 Å². The van der Waals surface area contributed by atoms with Crippen LogP contribution in [-0.2, 0) is 38.5 Å². The summed E-state index contributed by atoms with van der Waals surface area (Å²) in [6, 6.07) is 21.3. The van der Waals surface area contributed by atoms with Crippen LogP contribution in [0.1, 0.15) is 101 Å². The van der Waals surface area contributed by atoms with Crippen LogP contribution in [0.5, 0.6) is 0 Å². The molecule has 0 N–H and O–H groups in total. The van der Waals surface area contributed by atoms with Crippen LogP contribution in [0.2, 0.25) is 0 Å². The predicted molar refractivity (Wildman–Crippen MR) is 179 cm³/mol. The molecule has 7 rings (SSSR count). The number of halogens is 2. The summed E-state index contributed by atoms with van der Waals surface area (Å²) in [5.41, 5.74) is 15.1. The van der Waals surface area contributed by atoms with Crippen molar-refractivity contribution in [2.24, 2.45) is 11.3 Å². The van der Waals surface area contributed by atoms with Crippen LogP contribution >= 0.6 is 0 Å². The number of hydrogen-bond acceptors (Lipinski definition) is 0. The quantitative estimate of drug-likeness (QED) is 0.293. The molecule has 3 heteroatoms. The van der Waals surface area contributed by atoms with Crippen LogP contribution in [0.3, 0.4) is 0 Å². The smallest absolute Gasteiger partial charge is 1.00 e. The van der Waals surface area contributed by atoms with Crippen LogP contribution in [0.15, 0.2) is 85.0 Å². The molecule has 3 aromatic carbocycles. The molecule has 0 heterocycles. The average molecular weight is 699 g/mol. The minimum absolute atomic E-state index is 0. The Bertz CT molecular complexity index is 1800. The van der Waals surface area contributed by atoms with Crippen LogP contribution in [0.25, 0.3) is 23.3 Å². The Morgan fingerprint density at radius 3 is 2.11 bits per heavy atom. The maximum atomic E-state index is 2.73. The Labute approximate surface area is 285 Å². The molecule has 0 spiro atoms. The van der Waals surface area contributed by atoms with E-state index < -0.39 is 21.3 Å². The molecule has 0 radical (unpaired) electrons. The van der Waals surface area contributed by atoms with E-state index in [1.54, 1.807) is 6.56 Å². The number of fused-ring (bicyclic) bond motifs is 5. The van der Waals surface area contributed by atoms with Crippen molar-refractivity contribution in [1.82, 2.24) is 0 Å². The van der Waals surface area contributed by atoms with Crippen molar-refractivity contribution >= 4 is 15.9 Å². The van der Waals surface area contributed by atoms with E-state index in [1.807, 2.05) is 0 Å². The molecule has 0 fully saturated rings. The van der Waals surface area contributed by atoms with Crippen LogP contribution in [-0.4, -0.2) is 3.71 Å². The van der Waals surface area contributed by atoms with Gasteiger partial charge in [0.25, 0.3) is 0 Å². The topological polar surface area (TPSA) is 0 Å². The van der Waals surface area contributed by atoms with Crippen LogP contribution in [0, 0.1) is 11.3 Å². The van der Waals surface area contributed by atoms with Gasteiger partial charge in [-0.25, -0.2) is 0 Å². The van der Waals surface area contributed by atoms with E-state index in [1.165, 1.54) is 62.1 Å². The SMILES string of the molecule is CCC1C=C(C(C)(C)C)C=[C]1[Zr+2](=[CH]c1ccccc1)[C]1=Cc2cc3c(cc2C1(C)C)Cc1cc2c(cc1-3)C=CC2(C)C.[Cl-].[Cl-]. The number of allylic oxidation sites excluding steroid dienone is 6. The van der Waals surface area contributed by atoms with Crippen LogP contribution in [0.4, 0.5) is 0 Å². The summed E-state index contributed by atoms with van der Waals surface area (Å²) in [4.78, 5) is 0. The molecular formula is C41H44Cl2Zr. The van der Waals surface area contributed by atoms with Crippen molar-refractivity contribution in [1.29, 1.82) is 0 Å². The molecule has 1 atom stereocenters. The largest absolute Gasteiger partial charge is 1.00 e. The zero-order valence-electron chi connectivity index (χ0n) is 27.4. The Balaban J connectivity index is 0.00000192. The fourth-order valence-electron chi connectivity index (χ4n) is 7.71. The molecule has 226 valence electrons. The summed E-state index contributed by atoms with van der Waals surface area (Å²) in [7, 11) is 0. The third-order valence-electron chi connectivity index (χ3n) is 10.4. The molecular weight excluding hydrogens is 655 g/mol. The van der Waals surface area contributed by atoms with Gasteiger partial charge in [-0.1, -0.05) is 0 Å². The van der Waals surface area contributed by atoms with Gasteiger partial charge in [0.15, 0.2) is 0 Å². The van der Waals surface area contributed by atoms with Crippen molar-refractivity contribution in [3.63, 3.8) is 0 Å². The minimum Gasteiger partial charge on any atom is -1.00 e. The molecule has 3 aromatic rings. The summed E-state index contributed by atoms with van der Waals surface area (Å²) >= 11 is -2.43. The van der Waals surface area contributed by atoms with Gasteiger partial charge in [-0.2, -0.15) is 0 Å². The summed E-state index contributed by atoms with van der Waals surface area (Å²) in [5.74, 6) is 0.560. The maximum Gasteiger partial charge on any atom is -1.00 e. The molecule has 1 unspecified atom stereocenters. The van der Waals surface area contributed by atoms with Crippen molar-refractivity contribution in [3.8, 4) is 11.1 Å². The maximum absolute atomic E-state index is 2.73. The molecule has 0 aliphatic heterocycles. The van der Waals surface area contributed by atoms with Crippen LogP contribution < -0.4 is 24.8 Å². The molecule has 0 aromatic heterocycles. The normalized spacial score (nSPS) is 19.6. The standard InChI is InChI=1S/C23H21.C11H17.C7H6.2ClH.Zr/c1-22(2)7-5-14-10-18-16(12-20(14)22)9-17-13-21-15(11-19(17)18)6-8-23(21,3)4;1-5-9-6-7-10(8-9)11(2,3)4;1-7-5-3-2-4-6-7;;;/h5-7,10-13H,9H2,1-4H3;7-9H,5H2,1-4H3;1-6H;2*1H;/q;;;;;+2/p-2. The van der Waals surface area contributed by atoms with Gasteiger partial charge >= 0.3 is 263 Å². The average Bonchev–Trinajstić information content (AvgIpc) is 3.67. The fourth-order valence-corrected chi connectivity index (χ4v) is 15.8. The van der Waals surface area contributed by atoms with Gasteiger partial charge in [0.2, 0.25) is 0 Å². The number of hydrogen-bond donors (Lipinski definition) is 0. The molecule has 0 saturated carbocycles. The summed E-state index contributed by atoms with van der Waals surface area (Å²) in [5, 5.41) is 0. The van der Waals surface area contributed by atoms with E-state index in [0.717, 1.165) is 6.42 Å². The fraction of sp³-hybridized carbons (Fsp3) is 0.341. The molecule has 4 aliphatic carbocycles. The Hall–Kier alpha value is -2.05. The Morgan fingerprint density at radius 1 is 0.841 bits per heavy atom. The van der Waals surface area contributed by atoms with E-state index in [9.17, 15) is 0 Å². The van der Waals surface area contributed by atoms with Gasteiger partial charge in [-0.15, -0.1) is 0 Å². The van der Waals surface area contributed by atoms with E-state index in [2.05, 4.69) is 144 Å². The molecule has 0 saturated heterocycles. The van der Waals surface area contributed by atoms with Crippen molar-refractivity contribution in [3.05, 3.63) is 124 Å². The van der Waals surface area contributed by atoms with E-state index >= 15 is 0 Å². The zero-order chi connectivity index (χ0) is 29.6. The minimum atomic E-state index is -2.43. The van der Waals surface area contributed by atoms with Gasteiger partial charge in [0.1, 0.15) is 0 Å². The first-order valence-electron chi connectivity index (χ1n) is 15.8. The van der Waals surface area contributed by atoms with Gasteiger partial charge < -0.3 is 24.8 Å². The van der Waals surface area contributed by atoms with Crippen molar-refractivity contribution in [2.45, 2.75) is 79.1 Å². The Kier molecular flexibility index (Phi) is 8.81. The first-order chi connectivity index (χ1) is 19.9. The molecule has 0 nitrogen and oxygen atoms in total. The second-order valence-electron chi connectivity index (χ2n) is 15.1. The summed E-state index contributed by atoms with van der Waals surface area (Å²) in [6.45, 7) is 19.2. The second-order valence-corrected chi connectivity index (χ2v) is 20.5. The summed E-state index contributed by atoms with van der Waals surface area (Å²) in [6.07, 6.45) is 14.8. The Morgan fingerprint density at radius 2 is 1.48 bits per heavy atom. The summed E-state index contributed by atoms with van der Waals surface area (Å²) < 4.78 is 6.21. The zero-order valence-corrected chi connectivity index (χ0v) is 31.4. The molecule has 4 aliphatic rings. The van der Waals surface area contributed by atoms with Gasteiger partial charge in [0, 0.05) is 0 Å². The monoisotopic (exact) mass is 696 g/mol. The first kappa shape index (κ1) is 33.3. The second kappa shape index (κ2) is 11.6. The van der Waals surface area contributed by atoms with E-state index in [4.69, 9.17) is 0 Å². The van der Waals surface area contributed by atoms with Gasteiger partial charge in [-0.05, 0) is 0 Å². The third kappa shape index (κ3) is 5.40. The van der Waals surface area contributed by atoms with Gasteiger partial charge in [0.05, 0.1) is 0 Å². The number of rotatable bonds is 4. The molecule has 44 heavy (non-hydrogen) atoms. The van der Waals surface area contributed by atoms with Crippen molar-refractivity contribution < 1.29 is 46.1 Å². The third-order valence-corrected chi connectivity index (χ3v) is 18.0. The number of benzene rings is 3. The first-order valence-corrected chi connectivity index (χ1v) is 19.7. The van der Waals surface area contributed by atoms with E-state index in [-0.39, 0.29) is 41.1 Å². The predicted octanol–water partition coefficient (Wildman–Crippen LogP) is 4.57. The molecule has 0 bridgehead atoms.